The van der Waals surface area contributed by atoms with Gasteiger partial charge in [0.05, 0.1) is 12.2 Å². The molecule has 2 N–H and O–H groups in total. The number of hydrogen-bond acceptors (Lipinski definition) is 2. The Morgan fingerprint density at radius 1 is 1.39 bits per heavy atom. The summed E-state index contributed by atoms with van der Waals surface area (Å²) in [7, 11) is 0. The smallest absolute Gasteiger partial charge is 0.416 e. The molecular weight excluding hydrogens is 247 g/mol. The van der Waals surface area contributed by atoms with Gasteiger partial charge in [-0.2, -0.15) is 13.2 Å². The molecule has 1 amide bonds. The van der Waals surface area contributed by atoms with Gasteiger partial charge < -0.3 is 10.5 Å². The van der Waals surface area contributed by atoms with Gasteiger partial charge in [0.25, 0.3) is 0 Å². The van der Waals surface area contributed by atoms with Crippen molar-refractivity contribution in [1.82, 2.24) is 0 Å². The maximum Gasteiger partial charge on any atom is 0.416 e. The standard InChI is InChI=1S/C12H10F3NO2/c13-12(14,15)8-1-2-9-7(5-11(16)17)3-4-18-10(9)6-8/h1-2,5-6H,3-4H2,(H2,16,17). The summed E-state index contributed by atoms with van der Waals surface area (Å²) in [6, 6.07) is 3.19. The van der Waals surface area contributed by atoms with E-state index < -0.39 is 17.6 Å². The van der Waals surface area contributed by atoms with E-state index >= 15 is 0 Å². The third kappa shape index (κ3) is 2.47. The van der Waals surface area contributed by atoms with Crippen molar-refractivity contribution in [2.75, 3.05) is 6.61 Å². The number of amides is 1. The van der Waals surface area contributed by atoms with Crippen LogP contribution < -0.4 is 10.5 Å². The molecule has 1 aliphatic heterocycles. The minimum atomic E-state index is -4.41. The molecule has 0 atom stereocenters. The predicted octanol–water partition coefficient (Wildman–Crippen LogP) is 2.36. The zero-order chi connectivity index (χ0) is 13.3. The van der Waals surface area contributed by atoms with Crippen LogP contribution in [0.15, 0.2) is 24.3 Å². The van der Waals surface area contributed by atoms with Gasteiger partial charge >= 0.3 is 6.18 Å². The highest BCUT2D eigenvalue weighted by Crippen LogP contribution is 2.38. The number of carbonyl (C=O) groups is 1. The maximum absolute atomic E-state index is 12.5. The number of fused-ring (bicyclic) bond motifs is 1. The van der Waals surface area contributed by atoms with Crippen molar-refractivity contribution in [1.29, 1.82) is 0 Å². The Kier molecular flexibility index (Phi) is 3.02. The summed E-state index contributed by atoms with van der Waals surface area (Å²) in [4.78, 5) is 10.8. The van der Waals surface area contributed by atoms with E-state index in [1.807, 2.05) is 0 Å². The summed E-state index contributed by atoms with van der Waals surface area (Å²) in [6.07, 6.45) is -2.75. The molecule has 0 fully saturated rings. The Balaban J connectivity index is 2.46. The van der Waals surface area contributed by atoms with E-state index in [1.54, 1.807) is 0 Å². The molecule has 0 radical (unpaired) electrons. The second-order valence-corrected chi connectivity index (χ2v) is 3.88. The summed E-state index contributed by atoms with van der Waals surface area (Å²) in [5.74, 6) is -0.499. The Labute approximate surface area is 101 Å². The zero-order valence-electron chi connectivity index (χ0n) is 9.25. The van der Waals surface area contributed by atoms with Gasteiger partial charge in [-0.05, 0) is 17.7 Å². The van der Waals surface area contributed by atoms with E-state index in [0.717, 1.165) is 12.1 Å². The molecule has 1 heterocycles. The van der Waals surface area contributed by atoms with Crippen molar-refractivity contribution in [2.45, 2.75) is 12.6 Å². The molecule has 1 aromatic rings. The minimum Gasteiger partial charge on any atom is -0.493 e. The summed E-state index contributed by atoms with van der Waals surface area (Å²) in [5, 5.41) is 0. The van der Waals surface area contributed by atoms with Crippen molar-refractivity contribution in [3.63, 3.8) is 0 Å². The molecule has 0 saturated carbocycles. The van der Waals surface area contributed by atoms with Gasteiger partial charge in [0, 0.05) is 18.1 Å². The monoisotopic (exact) mass is 257 g/mol. The molecule has 6 heteroatoms. The molecule has 3 nitrogen and oxygen atoms in total. The summed E-state index contributed by atoms with van der Waals surface area (Å²) < 4.78 is 42.7. The Morgan fingerprint density at radius 3 is 2.72 bits per heavy atom. The molecule has 96 valence electrons. The van der Waals surface area contributed by atoms with Crippen LogP contribution in [-0.2, 0) is 11.0 Å². The molecule has 0 aliphatic carbocycles. The lowest BCUT2D eigenvalue weighted by molar-refractivity contribution is -0.137. The second kappa shape index (κ2) is 4.36. The number of rotatable bonds is 1. The highest BCUT2D eigenvalue weighted by molar-refractivity contribution is 5.95. The third-order valence-electron chi connectivity index (χ3n) is 2.60. The zero-order valence-corrected chi connectivity index (χ0v) is 9.25. The van der Waals surface area contributed by atoms with Crippen LogP contribution in [0.4, 0.5) is 13.2 Å². The molecular formula is C12H10F3NO2. The van der Waals surface area contributed by atoms with Crippen LogP contribution in [0.25, 0.3) is 5.57 Å². The fourth-order valence-electron chi connectivity index (χ4n) is 1.81. The molecule has 0 spiro atoms. The average molecular weight is 257 g/mol. The van der Waals surface area contributed by atoms with Crippen LogP contribution in [0.5, 0.6) is 5.75 Å². The Morgan fingerprint density at radius 2 is 2.11 bits per heavy atom. The number of hydrogen-bond donors (Lipinski definition) is 1. The van der Waals surface area contributed by atoms with Crippen LogP contribution >= 0.6 is 0 Å². The lowest BCUT2D eigenvalue weighted by Gasteiger charge is -2.21. The van der Waals surface area contributed by atoms with Crippen LogP contribution in [0.2, 0.25) is 0 Å². The average Bonchev–Trinajstić information content (AvgIpc) is 2.27. The minimum absolute atomic E-state index is 0.128. The quantitative estimate of drug-likeness (QED) is 0.785. The number of primary amides is 1. The fraction of sp³-hybridized carbons (Fsp3) is 0.250. The van der Waals surface area contributed by atoms with E-state index in [9.17, 15) is 18.0 Å². The molecule has 1 aromatic carbocycles. The van der Waals surface area contributed by atoms with E-state index in [-0.39, 0.29) is 12.4 Å². The van der Waals surface area contributed by atoms with Gasteiger partial charge in [0.1, 0.15) is 5.75 Å². The molecule has 2 rings (SSSR count). The van der Waals surface area contributed by atoms with Gasteiger partial charge in [-0.3, -0.25) is 4.79 Å². The number of nitrogens with two attached hydrogens (primary N) is 1. The Bertz CT molecular complexity index is 521. The number of alkyl halides is 3. The van der Waals surface area contributed by atoms with Gasteiger partial charge in [0.2, 0.25) is 5.91 Å². The van der Waals surface area contributed by atoms with Crippen molar-refractivity contribution in [3.05, 3.63) is 35.4 Å². The first-order valence-corrected chi connectivity index (χ1v) is 5.22. The van der Waals surface area contributed by atoms with Gasteiger partial charge in [-0.1, -0.05) is 6.07 Å². The van der Waals surface area contributed by atoms with Crippen molar-refractivity contribution >= 4 is 11.5 Å². The molecule has 18 heavy (non-hydrogen) atoms. The topological polar surface area (TPSA) is 52.3 Å². The molecule has 0 bridgehead atoms. The molecule has 0 saturated heterocycles. The van der Waals surface area contributed by atoms with E-state index in [1.165, 1.54) is 12.1 Å². The van der Waals surface area contributed by atoms with Gasteiger partial charge in [0.15, 0.2) is 0 Å². The lowest BCUT2D eigenvalue weighted by Crippen LogP contribution is -2.13. The normalized spacial score (nSPS) is 17.2. The second-order valence-electron chi connectivity index (χ2n) is 3.88. The van der Waals surface area contributed by atoms with Crippen LogP contribution in [0.1, 0.15) is 17.5 Å². The number of benzene rings is 1. The molecule has 1 aliphatic rings. The van der Waals surface area contributed by atoms with Crippen molar-refractivity contribution in [3.8, 4) is 5.75 Å². The third-order valence-corrected chi connectivity index (χ3v) is 2.60. The lowest BCUT2D eigenvalue weighted by atomic mass is 9.97. The summed E-state index contributed by atoms with van der Waals surface area (Å²) in [5.41, 5.74) is 5.34. The van der Waals surface area contributed by atoms with E-state index in [0.29, 0.717) is 17.6 Å². The summed E-state index contributed by atoms with van der Waals surface area (Å²) >= 11 is 0. The largest absolute Gasteiger partial charge is 0.493 e. The molecule has 0 aromatic heterocycles. The predicted molar refractivity (Wildman–Crippen MR) is 58.7 cm³/mol. The fourth-order valence-corrected chi connectivity index (χ4v) is 1.81. The summed E-state index contributed by atoms with van der Waals surface area (Å²) in [6.45, 7) is 0.230. The number of carbonyl (C=O) groups excluding carboxylic acids is 1. The SMILES string of the molecule is NC(=O)C=C1CCOc2cc(C(F)(F)F)ccc21. The van der Waals surface area contributed by atoms with E-state index in [2.05, 4.69) is 0 Å². The van der Waals surface area contributed by atoms with Crippen molar-refractivity contribution < 1.29 is 22.7 Å². The first kappa shape index (κ1) is 12.5. The number of ether oxygens (including phenoxy) is 1. The van der Waals surface area contributed by atoms with Crippen LogP contribution in [0.3, 0.4) is 0 Å². The van der Waals surface area contributed by atoms with Crippen molar-refractivity contribution in [2.24, 2.45) is 5.73 Å². The van der Waals surface area contributed by atoms with Crippen LogP contribution in [-0.4, -0.2) is 12.5 Å². The van der Waals surface area contributed by atoms with Crippen LogP contribution in [0, 0.1) is 0 Å². The number of halogens is 3. The van der Waals surface area contributed by atoms with E-state index in [4.69, 9.17) is 10.5 Å². The molecule has 0 unspecified atom stereocenters. The Hall–Kier alpha value is -1.98. The van der Waals surface area contributed by atoms with Gasteiger partial charge in [-0.15, -0.1) is 0 Å². The first-order chi connectivity index (χ1) is 8.38. The first-order valence-electron chi connectivity index (χ1n) is 5.22. The highest BCUT2D eigenvalue weighted by atomic mass is 19.4. The van der Waals surface area contributed by atoms with Gasteiger partial charge in [-0.25, -0.2) is 0 Å². The maximum atomic E-state index is 12.5. The highest BCUT2D eigenvalue weighted by Gasteiger charge is 2.32.